The molecule has 1 saturated heterocycles. The molecule has 234 valence electrons. The van der Waals surface area contributed by atoms with Crippen molar-refractivity contribution in [3.8, 4) is 0 Å². The first-order chi connectivity index (χ1) is 22.0. The van der Waals surface area contributed by atoms with E-state index in [4.69, 9.17) is 28.2 Å². The van der Waals surface area contributed by atoms with Gasteiger partial charge in [-0.2, -0.15) is 0 Å². The van der Waals surface area contributed by atoms with Crippen LogP contribution in [0.5, 0.6) is 0 Å². The molecular weight excluding hydrogens is 595 g/mol. The molecule has 1 aliphatic heterocycles. The Kier molecular flexibility index (Phi) is 10.2. The van der Waals surface area contributed by atoms with Crippen LogP contribution in [0.4, 0.5) is 4.79 Å². The monoisotopic (exact) mass is 630 g/mol. The summed E-state index contributed by atoms with van der Waals surface area (Å²) in [6.07, 6.45) is -5.87. The molecule has 45 heavy (non-hydrogen) atoms. The molecule has 1 heterocycles. The average molecular weight is 631 g/mol. The molecule has 1 N–H and O–H groups in total. The van der Waals surface area contributed by atoms with Gasteiger partial charge in [0.25, 0.3) is 0 Å². The lowest BCUT2D eigenvalue weighted by molar-refractivity contribution is -0.272. The Morgan fingerprint density at radius 3 is 1.18 bits per heavy atom. The molecule has 0 bridgehead atoms. The Bertz CT molecular complexity index is 1560. The molecule has 10 heteroatoms. The van der Waals surface area contributed by atoms with Gasteiger partial charge in [0.15, 0.2) is 6.10 Å². The second-order valence-corrected chi connectivity index (χ2v) is 12.6. The highest BCUT2D eigenvalue weighted by molar-refractivity contribution is 7.70. The lowest BCUT2D eigenvalue weighted by Crippen LogP contribution is -2.68. The van der Waals surface area contributed by atoms with Crippen molar-refractivity contribution in [2.24, 2.45) is 0 Å². The van der Waals surface area contributed by atoms with E-state index in [0.29, 0.717) is 0 Å². The zero-order chi connectivity index (χ0) is 31.1. The predicted octanol–water partition coefficient (Wildman–Crippen LogP) is 6.43. The van der Waals surface area contributed by atoms with Gasteiger partial charge in [0.2, 0.25) is 0 Å². The quantitative estimate of drug-likeness (QED) is 0.177. The Labute approximate surface area is 262 Å². The number of carbonyl (C=O) groups excluding carboxylic acids is 1. The lowest BCUT2D eigenvalue weighted by atomic mass is 9.83. The molecule has 4 aromatic carbocycles. The first kappa shape index (κ1) is 31.3. The SMILES string of the molecule is O=C1O[C@@H]2[C@H](OCc3ccccc3)[C@@H](OCc3ccccc3)[C@H](OCc3ccccc3)[C@@H](OCc3ccccc3)[C@@H]2OP1(=O)O. The highest BCUT2D eigenvalue weighted by Gasteiger charge is 2.61. The van der Waals surface area contributed by atoms with Crippen molar-refractivity contribution in [1.82, 2.24) is 0 Å². The number of fused-ring (bicyclic) bond motifs is 1. The highest BCUT2D eigenvalue weighted by Crippen LogP contribution is 2.53. The molecule has 2 fully saturated rings. The largest absolute Gasteiger partial charge is 0.448 e. The molecule has 0 spiro atoms. The summed E-state index contributed by atoms with van der Waals surface area (Å²) in [5, 5.41) is 0. The van der Waals surface area contributed by atoms with Gasteiger partial charge in [-0.05, 0) is 22.3 Å². The Morgan fingerprint density at radius 1 is 0.511 bits per heavy atom. The molecule has 9 nitrogen and oxygen atoms in total. The van der Waals surface area contributed by atoms with Crippen LogP contribution >= 0.6 is 7.60 Å². The number of benzene rings is 4. The van der Waals surface area contributed by atoms with Crippen LogP contribution in [0.25, 0.3) is 0 Å². The van der Waals surface area contributed by atoms with E-state index in [1.807, 2.05) is 121 Å². The topological polar surface area (TPSA) is 110 Å². The van der Waals surface area contributed by atoms with E-state index >= 15 is 0 Å². The molecule has 7 atom stereocenters. The lowest BCUT2D eigenvalue weighted by Gasteiger charge is -2.50. The minimum atomic E-state index is -4.78. The van der Waals surface area contributed by atoms with Crippen molar-refractivity contribution >= 4 is 13.3 Å². The summed E-state index contributed by atoms with van der Waals surface area (Å²) < 4.78 is 50.3. The molecule has 4 aromatic rings. The fourth-order valence-corrected chi connectivity index (χ4v) is 6.50. The minimum Gasteiger partial charge on any atom is -0.448 e. The van der Waals surface area contributed by atoms with E-state index in [9.17, 15) is 14.3 Å². The summed E-state index contributed by atoms with van der Waals surface area (Å²) in [6.45, 7) is 0.711. The summed E-state index contributed by atoms with van der Waals surface area (Å²) in [5.74, 6) is 0. The third-order valence-electron chi connectivity index (χ3n) is 7.82. The van der Waals surface area contributed by atoms with Crippen LogP contribution in [0, 0.1) is 0 Å². The van der Waals surface area contributed by atoms with E-state index in [1.54, 1.807) is 0 Å². The first-order valence-corrected chi connectivity index (χ1v) is 16.4. The molecule has 1 unspecified atom stereocenters. The zero-order valence-electron chi connectivity index (χ0n) is 24.5. The first-order valence-electron chi connectivity index (χ1n) is 14.8. The smallest absolute Gasteiger partial charge is 0.436 e. The number of ether oxygens (including phenoxy) is 5. The van der Waals surface area contributed by atoms with E-state index < -0.39 is 49.9 Å². The molecule has 2 aliphatic rings. The summed E-state index contributed by atoms with van der Waals surface area (Å²) >= 11 is 0. The van der Waals surface area contributed by atoms with E-state index in [-0.39, 0.29) is 26.4 Å². The third-order valence-corrected chi connectivity index (χ3v) is 8.91. The summed E-state index contributed by atoms with van der Waals surface area (Å²) in [4.78, 5) is 23.2. The van der Waals surface area contributed by atoms with Gasteiger partial charge < -0.3 is 28.6 Å². The zero-order valence-corrected chi connectivity index (χ0v) is 25.4. The van der Waals surface area contributed by atoms with Gasteiger partial charge in [-0.1, -0.05) is 121 Å². The maximum atomic E-state index is 12.9. The Hall–Kier alpha value is -3.66. The second-order valence-electron chi connectivity index (χ2n) is 11.0. The van der Waals surface area contributed by atoms with Gasteiger partial charge in [-0.25, -0.2) is 9.36 Å². The molecule has 0 radical (unpaired) electrons. The van der Waals surface area contributed by atoms with Crippen molar-refractivity contribution in [1.29, 1.82) is 0 Å². The standard InChI is InChI=1S/C35H35O9P/c36-35-43-33-31(41-23-27-17-9-3-10-18-27)29(39-21-25-13-5-1-6-14-25)30(40-22-26-15-7-2-8-16-26)32(34(33)44-45(35,37)38)42-24-28-19-11-4-12-20-28/h1-20,29-34H,21-24H2,(H,37,38)/t29-,30-,31+,32+,33+,34-/m0/s1. The maximum absolute atomic E-state index is 12.9. The fraction of sp³-hybridized carbons (Fsp3) is 0.286. The number of carbonyl (C=O) groups is 1. The van der Waals surface area contributed by atoms with Crippen molar-refractivity contribution < 1.29 is 42.5 Å². The third kappa shape index (κ3) is 7.77. The molecule has 6 rings (SSSR count). The van der Waals surface area contributed by atoms with E-state index in [0.717, 1.165) is 22.3 Å². The Morgan fingerprint density at radius 2 is 0.822 bits per heavy atom. The van der Waals surface area contributed by atoms with Crippen molar-refractivity contribution in [3.63, 3.8) is 0 Å². The van der Waals surface area contributed by atoms with Crippen LogP contribution in [0.15, 0.2) is 121 Å². The van der Waals surface area contributed by atoms with Gasteiger partial charge in [0.05, 0.1) is 26.4 Å². The number of rotatable bonds is 12. The van der Waals surface area contributed by atoms with Gasteiger partial charge in [0, 0.05) is 0 Å². The highest BCUT2D eigenvalue weighted by atomic mass is 31.2. The van der Waals surface area contributed by atoms with Gasteiger partial charge in [0.1, 0.15) is 30.5 Å². The number of hydrogen-bond acceptors (Lipinski definition) is 8. The normalized spacial score (nSPS) is 27.8. The van der Waals surface area contributed by atoms with E-state index in [1.165, 1.54) is 0 Å². The van der Waals surface area contributed by atoms with Crippen LogP contribution in [-0.2, 0) is 59.2 Å². The fourth-order valence-electron chi connectivity index (χ4n) is 5.59. The summed E-state index contributed by atoms with van der Waals surface area (Å²) in [5.41, 5.74) is 2.25. The van der Waals surface area contributed by atoms with Crippen molar-refractivity contribution in [2.45, 2.75) is 63.1 Å². The Balaban J connectivity index is 1.38. The van der Waals surface area contributed by atoms with Gasteiger partial charge in [-0.3, -0.25) is 4.52 Å². The van der Waals surface area contributed by atoms with Crippen LogP contribution in [0.2, 0.25) is 0 Å². The van der Waals surface area contributed by atoms with Gasteiger partial charge >= 0.3 is 13.3 Å². The van der Waals surface area contributed by atoms with Crippen LogP contribution < -0.4 is 0 Å². The van der Waals surface area contributed by atoms with E-state index in [2.05, 4.69) is 0 Å². The summed E-state index contributed by atoms with van der Waals surface area (Å²) in [6, 6.07) is 38.3. The minimum absolute atomic E-state index is 0.147. The predicted molar refractivity (Wildman–Crippen MR) is 165 cm³/mol. The van der Waals surface area contributed by atoms with Crippen LogP contribution in [0.3, 0.4) is 0 Å². The molecule has 1 saturated carbocycles. The second kappa shape index (κ2) is 14.6. The van der Waals surface area contributed by atoms with Crippen LogP contribution in [-0.4, -0.2) is 47.2 Å². The molecule has 1 aliphatic carbocycles. The molecule has 0 aromatic heterocycles. The maximum Gasteiger partial charge on any atom is 0.436 e. The molecule has 0 amide bonds. The average Bonchev–Trinajstić information content (AvgIpc) is 3.07. The van der Waals surface area contributed by atoms with Crippen LogP contribution in [0.1, 0.15) is 22.3 Å². The van der Waals surface area contributed by atoms with Crippen molar-refractivity contribution in [2.75, 3.05) is 0 Å². The summed E-state index contributed by atoms with van der Waals surface area (Å²) in [7, 11) is -4.78. The number of hydrogen-bond donors (Lipinski definition) is 1. The molecular formula is C35H35O9P. The van der Waals surface area contributed by atoms with Crippen molar-refractivity contribution in [3.05, 3.63) is 144 Å². The van der Waals surface area contributed by atoms with Gasteiger partial charge in [-0.15, -0.1) is 0 Å².